The first-order valence-electron chi connectivity index (χ1n) is 8.86. The Balaban J connectivity index is 1.67. The van der Waals surface area contributed by atoms with Gasteiger partial charge in [-0.15, -0.1) is 0 Å². The van der Waals surface area contributed by atoms with Crippen molar-refractivity contribution in [2.45, 2.75) is 18.4 Å². The Kier molecular flexibility index (Phi) is 4.79. The molecular weight excluding hydrogens is 428 g/mol. The number of rotatable bonds is 4. The number of nitrogens with zero attached hydrogens (tertiary/aromatic N) is 2. The van der Waals surface area contributed by atoms with E-state index in [1.54, 1.807) is 13.0 Å². The summed E-state index contributed by atoms with van der Waals surface area (Å²) in [5.41, 5.74) is 0.106. The molecule has 2 N–H and O–H groups in total. The van der Waals surface area contributed by atoms with E-state index in [0.29, 0.717) is 20.7 Å². The van der Waals surface area contributed by atoms with Gasteiger partial charge in [0.1, 0.15) is 0 Å². The highest BCUT2D eigenvalue weighted by Gasteiger charge is 2.14. The molecule has 2 aromatic heterocycles. The summed E-state index contributed by atoms with van der Waals surface area (Å²) in [5.74, 6) is -0.472. The van der Waals surface area contributed by atoms with Crippen molar-refractivity contribution in [2.24, 2.45) is 0 Å². The van der Waals surface area contributed by atoms with E-state index in [2.05, 4.69) is 15.3 Å². The van der Waals surface area contributed by atoms with Crippen LogP contribution in [0, 0.1) is 0 Å². The van der Waals surface area contributed by atoms with Crippen LogP contribution in [0.25, 0.3) is 21.1 Å². The van der Waals surface area contributed by atoms with Crippen molar-refractivity contribution in [3.8, 4) is 0 Å². The van der Waals surface area contributed by atoms with Crippen LogP contribution in [0.2, 0.25) is 0 Å². The van der Waals surface area contributed by atoms with Crippen molar-refractivity contribution in [3.05, 3.63) is 62.8 Å². The number of aromatic nitrogens is 3. The summed E-state index contributed by atoms with van der Waals surface area (Å²) in [6, 6.07) is 8.97. The van der Waals surface area contributed by atoms with Gasteiger partial charge in [0.2, 0.25) is 0 Å². The average Bonchev–Trinajstić information content (AvgIpc) is 3.08. The van der Waals surface area contributed by atoms with Crippen LogP contribution in [0.4, 0.5) is 5.13 Å². The molecule has 0 fully saturated rings. The molecular formula is C19H16N4O5S2. The van der Waals surface area contributed by atoms with Gasteiger partial charge in [0, 0.05) is 18.4 Å². The Morgan fingerprint density at radius 2 is 1.97 bits per heavy atom. The standard InChI is InChI=1S/C19H16N4O5S2/c1-3-23-17(25)12-6-4-10(8-14(12)21-19(23)26)16(24)22-18-20-13-7-5-11(30(2,27)28)9-15(13)29-18/h4-9H,3H2,1-2H3,(H,21,26)(H,20,22,24). The summed E-state index contributed by atoms with van der Waals surface area (Å²) in [4.78, 5) is 44.1. The lowest BCUT2D eigenvalue weighted by Gasteiger charge is -2.06. The zero-order chi connectivity index (χ0) is 21.6. The summed E-state index contributed by atoms with van der Waals surface area (Å²) in [6.07, 6.45) is 1.12. The second-order valence-corrected chi connectivity index (χ2v) is 9.66. The molecule has 30 heavy (non-hydrogen) atoms. The lowest BCUT2D eigenvalue weighted by molar-refractivity contribution is 0.102. The number of hydrogen-bond donors (Lipinski definition) is 2. The summed E-state index contributed by atoms with van der Waals surface area (Å²) in [7, 11) is -3.35. The number of H-pyrrole nitrogens is 1. The number of hydrogen-bond acceptors (Lipinski definition) is 7. The van der Waals surface area contributed by atoms with Crippen LogP contribution >= 0.6 is 11.3 Å². The van der Waals surface area contributed by atoms with Crippen LogP contribution in [-0.4, -0.2) is 35.1 Å². The minimum absolute atomic E-state index is 0.174. The fourth-order valence-corrected chi connectivity index (χ4v) is 4.66. The molecule has 0 unspecified atom stereocenters. The fourth-order valence-electron chi connectivity index (χ4n) is 3.04. The molecule has 9 nitrogen and oxygen atoms in total. The van der Waals surface area contributed by atoms with Gasteiger partial charge in [-0.05, 0) is 43.3 Å². The summed E-state index contributed by atoms with van der Waals surface area (Å²) >= 11 is 1.15. The molecule has 0 saturated heterocycles. The van der Waals surface area contributed by atoms with Gasteiger partial charge in [0.05, 0.1) is 26.0 Å². The van der Waals surface area contributed by atoms with Gasteiger partial charge in [-0.2, -0.15) is 0 Å². The van der Waals surface area contributed by atoms with E-state index in [1.165, 1.54) is 30.3 Å². The maximum absolute atomic E-state index is 12.6. The number of nitrogens with one attached hydrogen (secondary N) is 2. The van der Waals surface area contributed by atoms with Crippen molar-refractivity contribution in [1.82, 2.24) is 14.5 Å². The third-order valence-corrected chi connectivity index (χ3v) is 6.61. The van der Waals surface area contributed by atoms with Gasteiger partial charge < -0.3 is 4.98 Å². The molecule has 0 radical (unpaired) electrons. The van der Waals surface area contributed by atoms with E-state index in [4.69, 9.17) is 0 Å². The van der Waals surface area contributed by atoms with Gasteiger partial charge in [0.25, 0.3) is 11.5 Å². The molecule has 0 atom stereocenters. The quantitative estimate of drug-likeness (QED) is 0.495. The Bertz CT molecular complexity index is 1550. The van der Waals surface area contributed by atoms with Crippen LogP contribution < -0.4 is 16.6 Å². The SMILES string of the molecule is CCn1c(=O)[nH]c2cc(C(=O)Nc3nc4ccc(S(C)(=O)=O)cc4s3)ccc2c1=O. The zero-order valence-corrected chi connectivity index (χ0v) is 17.6. The molecule has 0 bridgehead atoms. The van der Waals surface area contributed by atoms with Crippen molar-refractivity contribution in [2.75, 3.05) is 11.6 Å². The van der Waals surface area contributed by atoms with E-state index in [9.17, 15) is 22.8 Å². The van der Waals surface area contributed by atoms with E-state index < -0.39 is 27.0 Å². The topological polar surface area (TPSA) is 131 Å². The third-order valence-electron chi connectivity index (χ3n) is 4.57. The number of sulfone groups is 1. The van der Waals surface area contributed by atoms with Crippen LogP contribution in [-0.2, 0) is 16.4 Å². The molecule has 2 heterocycles. The number of aromatic amines is 1. The number of anilines is 1. The van der Waals surface area contributed by atoms with Crippen LogP contribution in [0.5, 0.6) is 0 Å². The third kappa shape index (κ3) is 3.53. The van der Waals surface area contributed by atoms with Gasteiger partial charge in [0.15, 0.2) is 15.0 Å². The molecule has 0 aliphatic heterocycles. The smallest absolute Gasteiger partial charge is 0.307 e. The molecule has 154 valence electrons. The first kappa shape index (κ1) is 20.0. The maximum Gasteiger partial charge on any atom is 0.328 e. The molecule has 0 aliphatic carbocycles. The highest BCUT2D eigenvalue weighted by atomic mass is 32.2. The molecule has 4 rings (SSSR count). The Hall–Kier alpha value is -3.31. The van der Waals surface area contributed by atoms with Crippen LogP contribution in [0.15, 0.2) is 50.9 Å². The normalized spacial score (nSPS) is 11.8. The van der Waals surface area contributed by atoms with Crippen molar-refractivity contribution < 1.29 is 13.2 Å². The van der Waals surface area contributed by atoms with Gasteiger partial charge in [-0.25, -0.2) is 18.2 Å². The second kappa shape index (κ2) is 7.18. The zero-order valence-electron chi connectivity index (χ0n) is 15.9. The molecule has 11 heteroatoms. The van der Waals surface area contributed by atoms with Crippen molar-refractivity contribution in [3.63, 3.8) is 0 Å². The van der Waals surface area contributed by atoms with Crippen LogP contribution in [0.3, 0.4) is 0 Å². The lowest BCUT2D eigenvalue weighted by atomic mass is 10.1. The second-order valence-electron chi connectivity index (χ2n) is 6.61. The van der Waals surface area contributed by atoms with E-state index in [0.717, 1.165) is 22.2 Å². The number of carbonyl (C=O) groups excluding carboxylic acids is 1. The Labute approximate surface area is 173 Å². The average molecular weight is 444 g/mol. The van der Waals surface area contributed by atoms with E-state index in [1.807, 2.05) is 0 Å². The minimum Gasteiger partial charge on any atom is -0.307 e. The molecule has 0 spiro atoms. The minimum atomic E-state index is -3.35. The van der Waals surface area contributed by atoms with E-state index >= 15 is 0 Å². The molecule has 1 amide bonds. The molecule has 0 saturated carbocycles. The molecule has 4 aromatic rings. The Morgan fingerprint density at radius 3 is 2.67 bits per heavy atom. The lowest BCUT2D eigenvalue weighted by Crippen LogP contribution is -2.34. The predicted octanol–water partition coefficient (Wildman–Crippen LogP) is 1.98. The van der Waals surface area contributed by atoms with Gasteiger partial charge in [-0.1, -0.05) is 11.3 Å². The van der Waals surface area contributed by atoms with Crippen molar-refractivity contribution >= 4 is 53.3 Å². The first-order valence-corrected chi connectivity index (χ1v) is 11.6. The monoisotopic (exact) mass is 444 g/mol. The summed E-state index contributed by atoms with van der Waals surface area (Å²) in [6.45, 7) is 1.94. The first-order chi connectivity index (χ1) is 14.2. The highest BCUT2D eigenvalue weighted by Crippen LogP contribution is 2.28. The van der Waals surface area contributed by atoms with E-state index in [-0.39, 0.29) is 22.5 Å². The number of thiazole rings is 1. The maximum atomic E-state index is 12.6. The van der Waals surface area contributed by atoms with Crippen LogP contribution in [0.1, 0.15) is 17.3 Å². The summed E-state index contributed by atoms with van der Waals surface area (Å²) < 4.78 is 25.1. The van der Waals surface area contributed by atoms with Crippen molar-refractivity contribution in [1.29, 1.82) is 0 Å². The number of benzene rings is 2. The number of fused-ring (bicyclic) bond motifs is 2. The number of carbonyl (C=O) groups is 1. The fraction of sp³-hybridized carbons (Fsp3) is 0.158. The van der Waals surface area contributed by atoms with Gasteiger partial charge >= 0.3 is 5.69 Å². The highest BCUT2D eigenvalue weighted by molar-refractivity contribution is 7.90. The summed E-state index contributed by atoms with van der Waals surface area (Å²) in [5, 5.41) is 3.27. The number of amides is 1. The Morgan fingerprint density at radius 1 is 1.20 bits per heavy atom. The molecule has 2 aromatic carbocycles. The largest absolute Gasteiger partial charge is 0.328 e. The predicted molar refractivity (Wildman–Crippen MR) is 115 cm³/mol. The van der Waals surface area contributed by atoms with Gasteiger partial charge in [-0.3, -0.25) is 19.5 Å². The molecule has 0 aliphatic rings.